The van der Waals surface area contributed by atoms with E-state index in [1.807, 2.05) is 26.8 Å². The van der Waals surface area contributed by atoms with E-state index in [1.54, 1.807) is 60.0 Å². The summed E-state index contributed by atoms with van der Waals surface area (Å²) in [4.78, 5) is 41.7. The average Bonchev–Trinajstić information content (AvgIpc) is 3.35. The first-order valence-electron chi connectivity index (χ1n) is 10.9. The molecule has 3 aromatic rings. The van der Waals surface area contributed by atoms with Crippen LogP contribution in [0.2, 0.25) is 5.02 Å². The SMILES string of the molecule is COc1ccc(Cl)cc1N(C(=O)CNC(=O)c1cccs1)[C@@H](C(=O)NC(C)(C)C)c1ccccc1. The van der Waals surface area contributed by atoms with Crippen LogP contribution in [-0.4, -0.2) is 36.9 Å². The van der Waals surface area contributed by atoms with Crippen LogP contribution in [0.3, 0.4) is 0 Å². The molecule has 7 nitrogen and oxygen atoms in total. The zero-order valence-corrected chi connectivity index (χ0v) is 21.6. The van der Waals surface area contributed by atoms with Crippen LogP contribution < -0.4 is 20.3 Å². The standard InChI is InChI=1S/C26H28ClN3O4S/c1-26(2,3)29-25(33)23(17-9-6-5-7-10-17)30(19-15-18(27)12-13-20(19)34-4)22(31)16-28-24(32)21-11-8-14-35-21/h5-15,23H,16H2,1-4H3,(H,28,32)(H,29,33)/t23-/m1/s1. The van der Waals surface area contributed by atoms with Crippen LogP contribution in [0, 0.1) is 0 Å². The lowest BCUT2D eigenvalue weighted by molar-refractivity contribution is -0.127. The molecule has 184 valence electrons. The lowest BCUT2D eigenvalue weighted by Gasteiger charge is -2.34. The Bertz CT molecular complexity index is 1180. The van der Waals surface area contributed by atoms with Crippen LogP contribution in [0.15, 0.2) is 66.0 Å². The number of rotatable bonds is 8. The quantitative estimate of drug-likeness (QED) is 0.451. The zero-order valence-electron chi connectivity index (χ0n) is 20.0. The summed E-state index contributed by atoms with van der Waals surface area (Å²) in [6.07, 6.45) is 0. The number of methoxy groups -OCH3 is 1. The van der Waals surface area contributed by atoms with Crippen molar-refractivity contribution in [2.45, 2.75) is 32.4 Å². The van der Waals surface area contributed by atoms with E-state index in [0.717, 1.165) is 0 Å². The number of thiophene rings is 1. The fourth-order valence-corrected chi connectivity index (χ4v) is 4.30. The lowest BCUT2D eigenvalue weighted by atomic mass is 10.0. The molecule has 1 aromatic heterocycles. The second-order valence-electron chi connectivity index (χ2n) is 8.79. The molecule has 1 atom stereocenters. The van der Waals surface area contributed by atoms with E-state index in [0.29, 0.717) is 26.9 Å². The van der Waals surface area contributed by atoms with E-state index in [1.165, 1.54) is 23.3 Å². The van der Waals surface area contributed by atoms with Gasteiger partial charge in [0.2, 0.25) is 11.8 Å². The van der Waals surface area contributed by atoms with Gasteiger partial charge in [0.05, 0.1) is 24.2 Å². The zero-order chi connectivity index (χ0) is 25.6. The number of anilines is 1. The molecule has 0 saturated heterocycles. The number of amides is 3. The van der Waals surface area contributed by atoms with Gasteiger partial charge in [-0.2, -0.15) is 0 Å². The van der Waals surface area contributed by atoms with Crippen molar-refractivity contribution >= 4 is 46.3 Å². The van der Waals surface area contributed by atoms with E-state index in [4.69, 9.17) is 16.3 Å². The maximum Gasteiger partial charge on any atom is 0.261 e. The molecule has 0 saturated carbocycles. The highest BCUT2D eigenvalue weighted by Crippen LogP contribution is 2.37. The predicted octanol–water partition coefficient (Wildman–Crippen LogP) is 4.83. The predicted molar refractivity (Wildman–Crippen MR) is 139 cm³/mol. The topological polar surface area (TPSA) is 87.7 Å². The van der Waals surface area contributed by atoms with Crippen LogP contribution in [0.4, 0.5) is 5.69 Å². The highest BCUT2D eigenvalue weighted by atomic mass is 35.5. The van der Waals surface area contributed by atoms with E-state index < -0.39 is 17.5 Å². The Morgan fingerprint density at radius 1 is 1.06 bits per heavy atom. The summed E-state index contributed by atoms with van der Waals surface area (Å²) in [5, 5.41) is 7.77. The van der Waals surface area contributed by atoms with Crippen molar-refractivity contribution < 1.29 is 19.1 Å². The van der Waals surface area contributed by atoms with Crippen LogP contribution in [0.25, 0.3) is 0 Å². The van der Waals surface area contributed by atoms with Crippen molar-refractivity contribution in [3.05, 3.63) is 81.5 Å². The molecule has 0 aliphatic heterocycles. The minimum absolute atomic E-state index is 0.313. The molecule has 0 fully saturated rings. The summed E-state index contributed by atoms with van der Waals surface area (Å²) in [5.41, 5.74) is 0.354. The van der Waals surface area contributed by atoms with Crippen LogP contribution in [0.5, 0.6) is 5.75 Å². The van der Waals surface area contributed by atoms with Gasteiger partial charge in [-0.05, 0) is 56.0 Å². The Hall–Kier alpha value is -3.36. The monoisotopic (exact) mass is 513 g/mol. The minimum Gasteiger partial charge on any atom is -0.495 e. The molecule has 35 heavy (non-hydrogen) atoms. The van der Waals surface area contributed by atoms with Gasteiger partial charge in [0.15, 0.2) is 0 Å². The maximum absolute atomic E-state index is 13.7. The molecule has 0 unspecified atom stereocenters. The van der Waals surface area contributed by atoms with Crippen LogP contribution in [0.1, 0.15) is 42.0 Å². The van der Waals surface area contributed by atoms with Crippen molar-refractivity contribution in [2.75, 3.05) is 18.6 Å². The van der Waals surface area contributed by atoms with Gasteiger partial charge >= 0.3 is 0 Å². The van der Waals surface area contributed by atoms with Gasteiger partial charge in [0.1, 0.15) is 11.8 Å². The number of hydrogen-bond acceptors (Lipinski definition) is 5. The van der Waals surface area contributed by atoms with Gasteiger partial charge in [-0.3, -0.25) is 19.3 Å². The van der Waals surface area contributed by atoms with E-state index in [2.05, 4.69) is 10.6 Å². The fraction of sp³-hybridized carbons (Fsp3) is 0.269. The van der Waals surface area contributed by atoms with Crippen LogP contribution in [-0.2, 0) is 9.59 Å². The molecule has 2 N–H and O–H groups in total. The smallest absolute Gasteiger partial charge is 0.261 e. The fourth-order valence-electron chi connectivity index (χ4n) is 3.50. The Kier molecular flexibility index (Phi) is 8.53. The number of hydrogen-bond donors (Lipinski definition) is 2. The van der Waals surface area contributed by atoms with Gasteiger partial charge in [-0.1, -0.05) is 48.0 Å². The lowest BCUT2D eigenvalue weighted by Crippen LogP contribution is -2.51. The minimum atomic E-state index is -1.05. The van der Waals surface area contributed by atoms with Gasteiger partial charge < -0.3 is 15.4 Å². The first-order valence-corrected chi connectivity index (χ1v) is 12.2. The summed E-state index contributed by atoms with van der Waals surface area (Å²) in [7, 11) is 1.47. The number of nitrogens with one attached hydrogen (secondary N) is 2. The summed E-state index contributed by atoms with van der Waals surface area (Å²) >= 11 is 7.56. The number of ether oxygens (including phenoxy) is 1. The average molecular weight is 514 g/mol. The second-order valence-corrected chi connectivity index (χ2v) is 10.2. The van der Waals surface area contributed by atoms with Crippen LogP contribution >= 0.6 is 22.9 Å². The third-order valence-corrected chi connectivity index (χ3v) is 6.04. The maximum atomic E-state index is 13.7. The summed E-state index contributed by atoms with van der Waals surface area (Å²) in [6.45, 7) is 5.25. The van der Waals surface area contributed by atoms with Crippen molar-refractivity contribution in [3.63, 3.8) is 0 Å². The molecule has 9 heteroatoms. The number of carbonyl (C=O) groups excluding carboxylic acids is 3. The highest BCUT2D eigenvalue weighted by molar-refractivity contribution is 7.12. The van der Waals surface area contributed by atoms with Crippen molar-refractivity contribution in [2.24, 2.45) is 0 Å². The Labute approximate surface area is 214 Å². The van der Waals surface area contributed by atoms with Crippen molar-refractivity contribution in [3.8, 4) is 5.75 Å². The molecule has 0 spiro atoms. The van der Waals surface area contributed by atoms with Gasteiger partial charge in [0, 0.05) is 10.6 Å². The molecule has 0 bridgehead atoms. The number of halogens is 1. The number of nitrogens with zero attached hydrogens (tertiary/aromatic N) is 1. The first-order chi connectivity index (χ1) is 16.6. The van der Waals surface area contributed by atoms with Gasteiger partial charge in [0.25, 0.3) is 5.91 Å². The highest BCUT2D eigenvalue weighted by Gasteiger charge is 2.36. The number of carbonyl (C=O) groups is 3. The molecule has 2 aromatic carbocycles. The van der Waals surface area contributed by atoms with Crippen molar-refractivity contribution in [1.29, 1.82) is 0 Å². The molecule has 3 rings (SSSR count). The molecule has 3 amide bonds. The number of benzene rings is 2. The molecule has 1 heterocycles. The molecule has 0 aliphatic rings. The van der Waals surface area contributed by atoms with E-state index >= 15 is 0 Å². The normalized spacial score (nSPS) is 11.9. The summed E-state index contributed by atoms with van der Waals surface area (Å²) < 4.78 is 5.51. The van der Waals surface area contributed by atoms with E-state index in [9.17, 15) is 14.4 Å². The Morgan fingerprint density at radius 3 is 2.37 bits per heavy atom. The summed E-state index contributed by atoms with van der Waals surface area (Å²) in [5.74, 6) is -0.907. The first kappa shape index (κ1) is 26.2. The Balaban J connectivity index is 2.08. The summed E-state index contributed by atoms with van der Waals surface area (Å²) in [6, 6.07) is 16.2. The second kappa shape index (κ2) is 11.4. The van der Waals surface area contributed by atoms with Gasteiger partial charge in [-0.25, -0.2) is 0 Å². The molecule has 0 radical (unpaired) electrons. The molecular weight excluding hydrogens is 486 g/mol. The molecule has 0 aliphatic carbocycles. The third-order valence-electron chi connectivity index (χ3n) is 4.93. The Morgan fingerprint density at radius 2 is 1.77 bits per heavy atom. The largest absolute Gasteiger partial charge is 0.495 e. The molecular formula is C26H28ClN3O4S. The van der Waals surface area contributed by atoms with Crippen molar-refractivity contribution in [1.82, 2.24) is 10.6 Å². The van der Waals surface area contributed by atoms with E-state index in [-0.39, 0.29) is 18.4 Å². The third kappa shape index (κ3) is 6.83. The van der Waals surface area contributed by atoms with Gasteiger partial charge in [-0.15, -0.1) is 11.3 Å².